The molecule has 0 atom stereocenters. The van der Waals surface area contributed by atoms with Crippen molar-refractivity contribution >= 4 is 16.6 Å². The van der Waals surface area contributed by atoms with Gasteiger partial charge < -0.3 is 10.4 Å². The second-order valence-electron chi connectivity index (χ2n) is 4.86. The van der Waals surface area contributed by atoms with Crippen LogP contribution in [0.4, 0.5) is 5.69 Å². The van der Waals surface area contributed by atoms with Gasteiger partial charge >= 0.3 is 0 Å². The van der Waals surface area contributed by atoms with E-state index in [2.05, 4.69) is 30.2 Å². The molecule has 1 aromatic carbocycles. The van der Waals surface area contributed by atoms with Crippen LogP contribution < -0.4 is 5.32 Å². The predicted octanol–water partition coefficient (Wildman–Crippen LogP) is 2.81. The number of para-hydroxylation sites is 1. The van der Waals surface area contributed by atoms with Crippen LogP contribution in [0, 0.1) is 0 Å². The molecule has 0 radical (unpaired) electrons. The number of rotatable bonds is 4. The molecule has 2 rings (SSSR count). The lowest BCUT2D eigenvalue weighted by Gasteiger charge is -2.27. The van der Waals surface area contributed by atoms with E-state index < -0.39 is 0 Å². The molecule has 0 amide bonds. The summed E-state index contributed by atoms with van der Waals surface area (Å²) in [6.45, 7) is 4.35. The van der Waals surface area contributed by atoms with E-state index in [1.165, 1.54) is 0 Å². The molecule has 0 fully saturated rings. The SMILES string of the molecule is CC(C)(CCO)Nc1ccnc2ccccc12. The fraction of sp³-hybridized carbons (Fsp3) is 0.357. The maximum Gasteiger partial charge on any atom is 0.0722 e. The summed E-state index contributed by atoms with van der Waals surface area (Å²) in [6, 6.07) is 10.0. The van der Waals surface area contributed by atoms with Crippen molar-refractivity contribution in [2.75, 3.05) is 11.9 Å². The van der Waals surface area contributed by atoms with Crippen LogP contribution in [0.1, 0.15) is 20.3 Å². The second-order valence-corrected chi connectivity index (χ2v) is 4.86. The van der Waals surface area contributed by atoms with E-state index in [0.29, 0.717) is 6.42 Å². The summed E-state index contributed by atoms with van der Waals surface area (Å²) < 4.78 is 0. The minimum Gasteiger partial charge on any atom is -0.396 e. The Kier molecular flexibility index (Phi) is 3.29. The Morgan fingerprint density at radius 1 is 1.24 bits per heavy atom. The third-order valence-electron chi connectivity index (χ3n) is 2.86. The molecule has 0 saturated carbocycles. The highest BCUT2D eigenvalue weighted by atomic mass is 16.3. The molecule has 1 aromatic heterocycles. The van der Waals surface area contributed by atoms with E-state index in [9.17, 15) is 0 Å². The average molecular weight is 230 g/mol. The summed E-state index contributed by atoms with van der Waals surface area (Å²) in [5.74, 6) is 0. The summed E-state index contributed by atoms with van der Waals surface area (Å²) in [7, 11) is 0. The third-order valence-corrected chi connectivity index (χ3v) is 2.86. The first-order valence-corrected chi connectivity index (χ1v) is 5.85. The second kappa shape index (κ2) is 4.72. The third kappa shape index (κ3) is 2.74. The molecule has 0 spiro atoms. The molecule has 1 heterocycles. The molecule has 3 heteroatoms. The van der Waals surface area contributed by atoms with E-state index in [0.717, 1.165) is 16.6 Å². The summed E-state index contributed by atoms with van der Waals surface area (Å²) in [5, 5.41) is 13.6. The van der Waals surface area contributed by atoms with Crippen LogP contribution in [0.25, 0.3) is 10.9 Å². The number of nitrogens with zero attached hydrogens (tertiary/aromatic N) is 1. The van der Waals surface area contributed by atoms with Gasteiger partial charge in [-0.25, -0.2) is 0 Å². The van der Waals surface area contributed by atoms with Crippen molar-refractivity contribution in [2.24, 2.45) is 0 Å². The summed E-state index contributed by atoms with van der Waals surface area (Å²) in [6.07, 6.45) is 2.52. The topological polar surface area (TPSA) is 45.1 Å². The van der Waals surface area contributed by atoms with Crippen molar-refractivity contribution in [2.45, 2.75) is 25.8 Å². The van der Waals surface area contributed by atoms with E-state index in [1.807, 2.05) is 24.3 Å². The molecule has 17 heavy (non-hydrogen) atoms. The Morgan fingerprint density at radius 2 is 2.00 bits per heavy atom. The minimum absolute atomic E-state index is 0.126. The van der Waals surface area contributed by atoms with Gasteiger partial charge in [0.15, 0.2) is 0 Å². The Hall–Kier alpha value is -1.61. The Balaban J connectivity index is 2.36. The first kappa shape index (κ1) is 11.9. The summed E-state index contributed by atoms with van der Waals surface area (Å²) in [5.41, 5.74) is 1.92. The number of nitrogens with one attached hydrogen (secondary N) is 1. The normalized spacial score (nSPS) is 11.7. The molecule has 0 aliphatic rings. The van der Waals surface area contributed by atoms with Crippen LogP contribution in [0.2, 0.25) is 0 Å². The highest BCUT2D eigenvalue weighted by Gasteiger charge is 2.17. The number of hydrogen-bond acceptors (Lipinski definition) is 3. The highest BCUT2D eigenvalue weighted by Crippen LogP contribution is 2.25. The first-order chi connectivity index (χ1) is 8.12. The van der Waals surface area contributed by atoms with Crippen LogP contribution >= 0.6 is 0 Å². The fourth-order valence-corrected chi connectivity index (χ4v) is 1.91. The van der Waals surface area contributed by atoms with Crippen molar-refractivity contribution in [3.8, 4) is 0 Å². The molecule has 3 nitrogen and oxygen atoms in total. The fourth-order valence-electron chi connectivity index (χ4n) is 1.91. The van der Waals surface area contributed by atoms with Crippen LogP contribution in [-0.4, -0.2) is 22.2 Å². The number of aromatic nitrogens is 1. The molecule has 2 aromatic rings. The van der Waals surface area contributed by atoms with Gasteiger partial charge in [-0.2, -0.15) is 0 Å². The maximum absolute atomic E-state index is 9.04. The molecule has 0 aliphatic carbocycles. The summed E-state index contributed by atoms with van der Waals surface area (Å²) >= 11 is 0. The number of pyridine rings is 1. The van der Waals surface area contributed by atoms with Gasteiger partial charge in [0.05, 0.1) is 5.52 Å². The van der Waals surface area contributed by atoms with Crippen LogP contribution in [0.5, 0.6) is 0 Å². The van der Waals surface area contributed by atoms with Gasteiger partial charge in [-0.3, -0.25) is 4.98 Å². The molecule has 2 N–H and O–H groups in total. The largest absolute Gasteiger partial charge is 0.396 e. The van der Waals surface area contributed by atoms with Gasteiger partial charge in [-0.1, -0.05) is 18.2 Å². The number of aliphatic hydroxyl groups is 1. The molecule has 90 valence electrons. The van der Waals surface area contributed by atoms with Crippen molar-refractivity contribution in [1.82, 2.24) is 4.98 Å². The first-order valence-electron chi connectivity index (χ1n) is 5.85. The molecular formula is C14H18N2O. The Morgan fingerprint density at radius 3 is 2.76 bits per heavy atom. The van der Waals surface area contributed by atoms with E-state index in [-0.39, 0.29) is 12.1 Å². The van der Waals surface area contributed by atoms with Gasteiger partial charge in [0, 0.05) is 29.4 Å². The minimum atomic E-state index is -0.126. The van der Waals surface area contributed by atoms with E-state index >= 15 is 0 Å². The zero-order chi connectivity index (χ0) is 12.3. The lowest BCUT2D eigenvalue weighted by Crippen LogP contribution is -2.31. The van der Waals surface area contributed by atoms with Crippen LogP contribution in [0.3, 0.4) is 0 Å². The zero-order valence-electron chi connectivity index (χ0n) is 10.3. The number of hydrogen-bond donors (Lipinski definition) is 2. The lowest BCUT2D eigenvalue weighted by atomic mass is 10.0. The van der Waals surface area contributed by atoms with Gasteiger partial charge in [-0.05, 0) is 32.4 Å². The standard InChI is InChI=1S/C14H18N2O/c1-14(2,8-10-17)16-13-7-9-15-12-6-4-3-5-11(12)13/h3-7,9,17H,8,10H2,1-2H3,(H,15,16). The molecule has 0 aliphatic heterocycles. The van der Waals surface area contributed by atoms with Crippen molar-refractivity contribution in [3.05, 3.63) is 36.5 Å². The average Bonchev–Trinajstić information content (AvgIpc) is 2.29. The molecule has 0 bridgehead atoms. The van der Waals surface area contributed by atoms with Crippen molar-refractivity contribution in [3.63, 3.8) is 0 Å². The molecular weight excluding hydrogens is 212 g/mol. The maximum atomic E-state index is 9.04. The molecule has 0 saturated heterocycles. The van der Waals surface area contributed by atoms with Crippen molar-refractivity contribution in [1.29, 1.82) is 0 Å². The Labute approximate surface area is 102 Å². The number of aliphatic hydroxyl groups excluding tert-OH is 1. The quantitative estimate of drug-likeness (QED) is 0.849. The van der Waals surface area contributed by atoms with Gasteiger partial charge in [0.2, 0.25) is 0 Å². The van der Waals surface area contributed by atoms with Gasteiger partial charge in [-0.15, -0.1) is 0 Å². The van der Waals surface area contributed by atoms with E-state index in [4.69, 9.17) is 5.11 Å². The predicted molar refractivity (Wildman–Crippen MR) is 71.1 cm³/mol. The van der Waals surface area contributed by atoms with E-state index in [1.54, 1.807) is 6.20 Å². The van der Waals surface area contributed by atoms with Crippen molar-refractivity contribution < 1.29 is 5.11 Å². The smallest absolute Gasteiger partial charge is 0.0722 e. The van der Waals surface area contributed by atoms with Crippen LogP contribution in [-0.2, 0) is 0 Å². The molecule has 0 unspecified atom stereocenters. The monoisotopic (exact) mass is 230 g/mol. The van der Waals surface area contributed by atoms with Gasteiger partial charge in [0.1, 0.15) is 0 Å². The Bertz CT molecular complexity index is 503. The number of anilines is 1. The lowest BCUT2D eigenvalue weighted by molar-refractivity contribution is 0.261. The highest BCUT2D eigenvalue weighted by molar-refractivity contribution is 5.91. The van der Waals surface area contributed by atoms with Gasteiger partial charge in [0.25, 0.3) is 0 Å². The number of benzene rings is 1. The van der Waals surface area contributed by atoms with Crippen LogP contribution in [0.15, 0.2) is 36.5 Å². The summed E-state index contributed by atoms with van der Waals surface area (Å²) in [4.78, 5) is 4.33. The zero-order valence-corrected chi connectivity index (χ0v) is 10.3. The number of fused-ring (bicyclic) bond motifs is 1.